The van der Waals surface area contributed by atoms with Crippen LogP contribution in [0.2, 0.25) is 0 Å². The van der Waals surface area contributed by atoms with Gasteiger partial charge in [-0.3, -0.25) is 4.79 Å². The molecule has 0 aromatic heterocycles. The Morgan fingerprint density at radius 2 is 1.87 bits per heavy atom. The van der Waals surface area contributed by atoms with E-state index in [4.69, 9.17) is 5.11 Å². The maximum absolute atomic E-state index is 11.8. The Kier molecular flexibility index (Phi) is 3.39. The third-order valence-electron chi connectivity index (χ3n) is 2.15. The van der Waals surface area contributed by atoms with E-state index < -0.39 is 11.8 Å². The number of ketones is 1. The van der Waals surface area contributed by atoms with E-state index in [1.54, 1.807) is 32.0 Å². The van der Waals surface area contributed by atoms with E-state index in [2.05, 4.69) is 0 Å². The molecule has 3 heteroatoms. The van der Waals surface area contributed by atoms with Gasteiger partial charge in [-0.25, -0.2) is 4.79 Å². The highest BCUT2D eigenvalue weighted by Gasteiger charge is 2.18. The fourth-order valence-electron chi connectivity index (χ4n) is 1.32. The number of benzene rings is 1. The summed E-state index contributed by atoms with van der Waals surface area (Å²) in [6.45, 7) is 3.32. The van der Waals surface area contributed by atoms with Crippen molar-refractivity contribution in [3.8, 4) is 0 Å². The summed E-state index contributed by atoms with van der Waals surface area (Å²) >= 11 is 0. The van der Waals surface area contributed by atoms with Gasteiger partial charge >= 0.3 is 5.97 Å². The smallest absolute Gasteiger partial charge is 0.339 e. The summed E-state index contributed by atoms with van der Waals surface area (Å²) in [4.78, 5) is 22.6. The molecule has 3 nitrogen and oxygen atoms in total. The highest BCUT2D eigenvalue weighted by molar-refractivity contribution is 6.24. The minimum absolute atomic E-state index is 0.190. The molecule has 0 atom stereocenters. The van der Waals surface area contributed by atoms with Crippen molar-refractivity contribution in [1.29, 1.82) is 0 Å². The first-order valence-corrected chi connectivity index (χ1v) is 4.58. The maximum atomic E-state index is 11.8. The van der Waals surface area contributed by atoms with Crippen LogP contribution in [0.5, 0.6) is 0 Å². The number of hydrogen-bond donors (Lipinski definition) is 1. The standard InChI is InChI=1S/C12H12O3/c1-3-9(12(14)15)11(13)10-7-5-4-6-8(10)2/h3-7H,1-2H3,(H,14,15)/b9-3+. The number of hydrogen-bond acceptors (Lipinski definition) is 2. The van der Waals surface area contributed by atoms with Crippen molar-refractivity contribution in [2.75, 3.05) is 0 Å². The van der Waals surface area contributed by atoms with E-state index in [0.29, 0.717) is 5.56 Å². The van der Waals surface area contributed by atoms with Crippen molar-refractivity contribution in [1.82, 2.24) is 0 Å². The van der Waals surface area contributed by atoms with Crippen LogP contribution in [0, 0.1) is 6.92 Å². The number of carbonyl (C=O) groups is 2. The lowest BCUT2D eigenvalue weighted by Crippen LogP contribution is -2.13. The second-order valence-electron chi connectivity index (χ2n) is 3.15. The number of Topliss-reactive ketones (excluding diaryl/α,β-unsaturated/α-hetero) is 1. The van der Waals surface area contributed by atoms with Gasteiger partial charge in [0.25, 0.3) is 0 Å². The van der Waals surface area contributed by atoms with Crippen LogP contribution in [0.25, 0.3) is 0 Å². The number of aliphatic carboxylic acids is 1. The fraction of sp³-hybridized carbons (Fsp3) is 0.167. The monoisotopic (exact) mass is 204 g/mol. The summed E-state index contributed by atoms with van der Waals surface area (Å²) in [5.41, 5.74) is 1.03. The fourth-order valence-corrected chi connectivity index (χ4v) is 1.32. The topological polar surface area (TPSA) is 54.4 Å². The second kappa shape index (κ2) is 4.55. The van der Waals surface area contributed by atoms with Crippen molar-refractivity contribution in [2.45, 2.75) is 13.8 Å². The third-order valence-corrected chi connectivity index (χ3v) is 2.15. The molecule has 15 heavy (non-hydrogen) atoms. The molecule has 0 bridgehead atoms. The molecule has 0 aliphatic rings. The van der Waals surface area contributed by atoms with E-state index in [0.717, 1.165) is 5.56 Å². The van der Waals surface area contributed by atoms with Crippen molar-refractivity contribution >= 4 is 11.8 Å². The first-order valence-electron chi connectivity index (χ1n) is 4.58. The molecule has 0 aliphatic heterocycles. The third kappa shape index (κ3) is 2.31. The molecule has 0 unspecified atom stereocenters. The highest BCUT2D eigenvalue weighted by Crippen LogP contribution is 2.13. The lowest BCUT2D eigenvalue weighted by Gasteiger charge is -2.04. The summed E-state index contributed by atoms with van der Waals surface area (Å²) in [6.07, 6.45) is 1.32. The summed E-state index contributed by atoms with van der Waals surface area (Å²) in [5.74, 6) is -1.63. The van der Waals surface area contributed by atoms with Crippen LogP contribution in [0.4, 0.5) is 0 Å². The molecule has 1 rings (SSSR count). The van der Waals surface area contributed by atoms with E-state index in [1.165, 1.54) is 6.08 Å². The van der Waals surface area contributed by atoms with Crippen LogP contribution in [0.15, 0.2) is 35.9 Å². The summed E-state index contributed by atoms with van der Waals surface area (Å²) in [6, 6.07) is 6.93. The second-order valence-corrected chi connectivity index (χ2v) is 3.15. The zero-order chi connectivity index (χ0) is 11.4. The van der Waals surface area contributed by atoms with Crippen molar-refractivity contribution in [2.24, 2.45) is 0 Å². The molecule has 1 aromatic carbocycles. The van der Waals surface area contributed by atoms with Gasteiger partial charge in [-0.05, 0) is 19.4 Å². The molecule has 0 amide bonds. The van der Waals surface area contributed by atoms with E-state index in [9.17, 15) is 9.59 Å². The average Bonchev–Trinajstić information content (AvgIpc) is 2.18. The van der Waals surface area contributed by atoms with Gasteiger partial charge in [0, 0.05) is 5.56 Å². The molecule has 0 saturated carbocycles. The SMILES string of the molecule is C/C=C(/C(=O)O)C(=O)c1ccccc1C. The Morgan fingerprint density at radius 1 is 1.27 bits per heavy atom. The first-order chi connectivity index (χ1) is 7.07. The summed E-state index contributed by atoms with van der Waals surface area (Å²) in [5, 5.41) is 8.81. The first kappa shape index (κ1) is 11.2. The molecule has 0 radical (unpaired) electrons. The molecular formula is C12H12O3. The maximum Gasteiger partial charge on any atom is 0.339 e. The molecule has 1 N–H and O–H groups in total. The van der Waals surface area contributed by atoms with Crippen molar-refractivity contribution < 1.29 is 14.7 Å². The van der Waals surface area contributed by atoms with Crippen LogP contribution < -0.4 is 0 Å². The Bertz CT molecular complexity index is 430. The van der Waals surface area contributed by atoms with Gasteiger partial charge in [-0.1, -0.05) is 30.3 Å². The number of carbonyl (C=O) groups excluding carboxylic acids is 1. The quantitative estimate of drug-likeness (QED) is 0.355. The van der Waals surface area contributed by atoms with E-state index in [1.807, 2.05) is 6.07 Å². The molecule has 0 aliphatic carbocycles. The zero-order valence-corrected chi connectivity index (χ0v) is 8.65. The molecule has 0 saturated heterocycles. The molecule has 0 fully saturated rings. The summed E-state index contributed by atoms with van der Waals surface area (Å²) in [7, 11) is 0. The van der Waals surface area contributed by atoms with Crippen LogP contribution in [-0.2, 0) is 4.79 Å². The number of carboxylic acids is 1. The van der Waals surface area contributed by atoms with Crippen LogP contribution in [0.1, 0.15) is 22.8 Å². The Balaban J connectivity index is 3.16. The van der Waals surface area contributed by atoms with Gasteiger partial charge in [0.15, 0.2) is 5.78 Å². The predicted octanol–water partition coefficient (Wildman–Crippen LogP) is 2.21. The largest absolute Gasteiger partial charge is 0.478 e. The Hall–Kier alpha value is -1.90. The Morgan fingerprint density at radius 3 is 2.33 bits per heavy atom. The Labute approximate surface area is 88.0 Å². The number of rotatable bonds is 3. The van der Waals surface area contributed by atoms with Crippen molar-refractivity contribution in [3.05, 3.63) is 47.0 Å². The summed E-state index contributed by atoms with van der Waals surface area (Å²) < 4.78 is 0. The van der Waals surface area contributed by atoms with Crippen molar-refractivity contribution in [3.63, 3.8) is 0 Å². The minimum atomic E-state index is -1.19. The average molecular weight is 204 g/mol. The number of allylic oxidation sites excluding steroid dienone is 1. The highest BCUT2D eigenvalue weighted by atomic mass is 16.4. The van der Waals surface area contributed by atoms with E-state index in [-0.39, 0.29) is 5.57 Å². The van der Waals surface area contributed by atoms with Gasteiger partial charge in [0.2, 0.25) is 0 Å². The molecule has 78 valence electrons. The van der Waals surface area contributed by atoms with Crippen LogP contribution >= 0.6 is 0 Å². The minimum Gasteiger partial charge on any atom is -0.478 e. The van der Waals surface area contributed by atoms with Gasteiger partial charge in [0.05, 0.1) is 0 Å². The molecule has 0 spiro atoms. The van der Waals surface area contributed by atoms with Crippen LogP contribution in [-0.4, -0.2) is 16.9 Å². The van der Waals surface area contributed by atoms with E-state index >= 15 is 0 Å². The molecule has 1 aromatic rings. The predicted molar refractivity (Wildman–Crippen MR) is 56.9 cm³/mol. The van der Waals surface area contributed by atoms with Gasteiger partial charge in [0.1, 0.15) is 5.57 Å². The number of carboxylic acid groups (broad SMARTS) is 1. The lowest BCUT2D eigenvalue weighted by atomic mass is 9.99. The van der Waals surface area contributed by atoms with Crippen LogP contribution in [0.3, 0.4) is 0 Å². The number of aryl methyl sites for hydroxylation is 1. The van der Waals surface area contributed by atoms with Gasteiger partial charge in [-0.2, -0.15) is 0 Å². The van der Waals surface area contributed by atoms with Gasteiger partial charge in [-0.15, -0.1) is 0 Å². The molecular weight excluding hydrogens is 192 g/mol. The van der Waals surface area contributed by atoms with Gasteiger partial charge < -0.3 is 5.11 Å². The zero-order valence-electron chi connectivity index (χ0n) is 8.65. The lowest BCUT2D eigenvalue weighted by molar-refractivity contribution is -0.132. The molecule has 0 heterocycles. The normalized spacial score (nSPS) is 11.2.